The summed E-state index contributed by atoms with van der Waals surface area (Å²) in [5.74, 6) is 0.126. The molecule has 2 aromatic rings. The zero-order chi connectivity index (χ0) is 17.1. The standard InChI is InChI=1S/C19H24BrN3O/c1-14(15-7-9-16(20)10-8-15)21-19(24)13-23-12-4-6-18(23)17-5-3-11-22(17)2/h3,5,7-11,14,18H,4,6,12-13H2,1-2H3,(H,21,24)/p+1/t14-,18-/m1/s1. The summed E-state index contributed by atoms with van der Waals surface area (Å²) in [5, 5.41) is 3.14. The molecule has 0 spiro atoms. The Kier molecular flexibility index (Phi) is 5.41. The summed E-state index contributed by atoms with van der Waals surface area (Å²) < 4.78 is 3.23. The molecule has 2 heterocycles. The van der Waals surface area contributed by atoms with Crippen molar-refractivity contribution in [2.24, 2.45) is 7.05 Å². The van der Waals surface area contributed by atoms with E-state index >= 15 is 0 Å². The molecule has 1 saturated heterocycles. The second-order valence-electron chi connectivity index (χ2n) is 6.66. The third kappa shape index (κ3) is 3.90. The number of nitrogens with zero attached hydrogens (tertiary/aromatic N) is 1. The van der Waals surface area contributed by atoms with Crippen molar-refractivity contribution in [1.82, 2.24) is 9.88 Å². The molecular formula is C19H25BrN3O+. The number of aromatic nitrogens is 1. The number of halogens is 1. The number of carbonyl (C=O) groups is 1. The van der Waals surface area contributed by atoms with Gasteiger partial charge in [0.05, 0.1) is 18.3 Å². The van der Waals surface area contributed by atoms with E-state index in [1.165, 1.54) is 17.0 Å². The monoisotopic (exact) mass is 390 g/mol. The second kappa shape index (κ2) is 7.53. The van der Waals surface area contributed by atoms with Crippen LogP contribution in [0.2, 0.25) is 0 Å². The van der Waals surface area contributed by atoms with Gasteiger partial charge in [0.15, 0.2) is 6.54 Å². The van der Waals surface area contributed by atoms with Crippen molar-refractivity contribution < 1.29 is 9.69 Å². The predicted octanol–water partition coefficient (Wildman–Crippen LogP) is 2.38. The van der Waals surface area contributed by atoms with Crippen molar-refractivity contribution in [3.05, 3.63) is 58.3 Å². The molecule has 1 aliphatic heterocycles. The van der Waals surface area contributed by atoms with Gasteiger partial charge in [-0.05, 0) is 36.8 Å². The summed E-state index contributed by atoms with van der Waals surface area (Å²) >= 11 is 3.44. The smallest absolute Gasteiger partial charge is 0.275 e. The molecular weight excluding hydrogens is 366 g/mol. The largest absolute Gasteiger partial charge is 0.350 e. The molecule has 128 valence electrons. The van der Waals surface area contributed by atoms with Crippen molar-refractivity contribution in [1.29, 1.82) is 0 Å². The number of benzene rings is 1. The quantitative estimate of drug-likeness (QED) is 0.807. The number of hydrogen-bond acceptors (Lipinski definition) is 1. The van der Waals surface area contributed by atoms with Crippen molar-refractivity contribution in [3.63, 3.8) is 0 Å². The molecule has 2 N–H and O–H groups in total. The Morgan fingerprint density at radius 2 is 2.12 bits per heavy atom. The van der Waals surface area contributed by atoms with Gasteiger partial charge in [0.1, 0.15) is 6.04 Å². The molecule has 1 unspecified atom stereocenters. The molecule has 3 atom stereocenters. The zero-order valence-electron chi connectivity index (χ0n) is 14.3. The van der Waals surface area contributed by atoms with E-state index < -0.39 is 0 Å². The van der Waals surface area contributed by atoms with Gasteiger partial charge in [-0.1, -0.05) is 28.1 Å². The van der Waals surface area contributed by atoms with Crippen LogP contribution in [0.25, 0.3) is 0 Å². The van der Waals surface area contributed by atoms with Crippen LogP contribution in [0.4, 0.5) is 0 Å². The first kappa shape index (κ1) is 17.2. The number of quaternary nitrogens is 1. The first-order chi connectivity index (χ1) is 11.5. The van der Waals surface area contributed by atoms with E-state index in [0.29, 0.717) is 12.6 Å². The van der Waals surface area contributed by atoms with E-state index in [0.717, 1.165) is 23.0 Å². The first-order valence-electron chi connectivity index (χ1n) is 8.55. The highest BCUT2D eigenvalue weighted by Gasteiger charge is 2.33. The van der Waals surface area contributed by atoms with Crippen molar-refractivity contribution in [3.8, 4) is 0 Å². The van der Waals surface area contributed by atoms with Crippen LogP contribution < -0.4 is 10.2 Å². The average Bonchev–Trinajstić information content (AvgIpc) is 3.16. The van der Waals surface area contributed by atoms with Crippen LogP contribution >= 0.6 is 15.9 Å². The molecule has 1 fully saturated rings. The van der Waals surface area contributed by atoms with Crippen LogP contribution in [0.3, 0.4) is 0 Å². The first-order valence-corrected chi connectivity index (χ1v) is 9.34. The molecule has 1 amide bonds. The maximum absolute atomic E-state index is 12.5. The maximum Gasteiger partial charge on any atom is 0.275 e. The summed E-state index contributed by atoms with van der Waals surface area (Å²) in [7, 11) is 2.08. The topological polar surface area (TPSA) is 38.5 Å². The fraction of sp³-hybridized carbons (Fsp3) is 0.421. The Labute approximate surface area is 152 Å². The van der Waals surface area contributed by atoms with Gasteiger partial charge in [0.25, 0.3) is 5.91 Å². The number of amides is 1. The Morgan fingerprint density at radius 3 is 2.79 bits per heavy atom. The summed E-state index contributed by atoms with van der Waals surface area (Å²) in [6.07, 6.45) is 4.42. The van der Waals surface area contributed by atoms with E-state index in [2.05, 4.69) is 51.2 Å². The highest BCUT2D eigenvalue weighted by molar-refractivity contribution is 9.10. The van der Waals surface area contributed by atoms with Crippen molar-refractivity contribution in [2.75, 3.05) is 13.1 Å². The predicted molar refractivity (Wildman–Crippen MR) is 98.8 cm³/mol. The summed E-state index contributed by atoms with van der Waals surface area (Å²) in [6.45, 7) is 3.64. The lowest BCUT2D eigenvalue weighted by Gasteiger charge is -2.23. The Hall–Kier alpha value is -1.59. The lowest BCUT2D eigenvalue weighted by atomic mass is 10.1. The van der Waals surface area contributed by atoms with Crippen molar-refractivity contribution in [2.45, 2.75) is 31.8 Å². The minimum absolute atomic E-state index is 0.0288. The minimum Gasteiger partial charge on any atom is -0.350 e. The zero-order valence-corrected chi connectivity index (χ0v) is 15.8. The fourth-order valence-electron chi connectivity index (χ4n) is 3.65. The normalized spacial score (nSPS) is 21.6. The van der Waals surface area contributed by atoms with E-state index in [1.54, 1.807) is 0 Å². The van der Waals surface area contributed by atoms with Crippen LogP contribution in [0.5, 0.6) is 0 Å². The van der Waals surface area contributed by atoms with Gasteiger partial charge in [-0.25, -0.2) is 0 Å². The third-order valence-electron chi connectivity index (χ3n) is 4.96. The highest BCUT2D eigenvalue weighted by atomic mass is 79.9. The van der Waals surface area contributed by atoms with Gasteiger partial charge in [0, 0.05) is 30.6 Å². The molecule has 0 bridgehead atoms. The van der Waals surface area contributed by atoms with Gasteiger partial charge in [-0.2, -0.15) is 0 Å². The van der Waals surface area contributed by atoms with Gasteiger partial charge in [-0.15, -0.1) is 0 Å². The molecule has 0 radical (unpaired) electrons. The maximum atomic E-state index is 12.5. The lowest BCUT2D eigenvalue weighted by Crippen LogP contribution is -3.11. The van der Waals surface area contributed by atoms with Gasteiger partial charge < -0.3 is 14.8 Å². The van der Waals surface area contributed by atoms with E-state index in [-0.39, 0.29) is 11.9 Å². The molecule has 4 nitrogen and oxygen atoms in total. The number of aryl methyl sites for hydroxylation is 1. The van der Waals surface area contributed by atoms with Gasteiger partial charge >= 0.3 is 0 Å². The minimum atomic E-state index is 0.0288. The van der Waals surface area contributed by atoms with Crippen LogP contribution in [0, 0.1) is 0 Å². The van der Waals surface area contributed by atoms with E-state index in [9.17, 15) is 4.79 Å². The summed E-state index contributed by atoms with van der Waals surface area (Å²) in [6, 6.07) is 12.8. The SMILES string of the molecule is C[C@@H](NC(=O)C[NH+]1CCC[C@@H]1c1cccn1C)c1ccc(Br)cc1. The van der Waals surface area contributed by atoms with Crippen LogP contribution in [0.15, 0.2) is 47.1 Å². The molecule has 3 rings (SSSR count). The Balaban J connectivity index is 1.60. The molecule has 1 aliphatic rings. The number of hydrogen-bond donors (Lipinski definition) is 2. The van der Waals surface area contributed by atoms with Crippen molar-refractivity contribution >= 4 is 21.8 Å². The number of rotatable bonds is 5. The molecule has 24 heavy (non-hydrogen) atoms. The number of carbonyl (C=O) groups excluding carboxylic acids is 1. The molecule has 1 aromatic heterocycles. The number of nitrogens with one attached hydrogen (secondary N) is 2. The molecule has 0 aliphatic carbocycles. The van der Waals surface area contributed by atoms with Crippen LogP contribution in [-0.4, -0.2) is 23.6 Å². The summed E-state index contributed by atoms with van der Waals surface area (Å²) in [5.41, 5.74) is 2.46. The molecule has 0 saturated carbocycles. The number of likely N-dealkylation sites (tertiary alicyclic amines) is 1. The molecule has 5 heteroatoms. The Morgan fingerprint density at radius 1 is 1.38 bits per heavy atom. The van der Waals surface area contributed by atoms with E-state index in [4.69, 9.17) is 0 Å². The van der Waals surface area contributed by atoms with Crippen LogP contribution in [0.1, 0.15) is 43.1 Å². The molecule has 1 aromatic carbocycles. The van der Waals surface area contributed by atoms with Crippen LogP contribution in [-0.2, 0) is 11.8 Å². The Bertz CT molecular complexity index is 695. The van der Waals surface area contributed by atoms with Gasteiger partial charge in [0.2, 0.25) is 0 Å². The van der Waals surface area contributed by atoms with E-state index in [1.807, 2.05) is 31.2 Å². The van der Waals surface area contributed by atoms with Gasteiger partial charge in [-0.3, -0.25) is 4.79 Å². The lowest BCUT2D eigenvalue weighted by molar-refractivity contribution is -0.911. The fourth-order valence-corrected chi connectivity index (χ4v) is 3.91. The summed E-state index contributed by atoms with van der Waals surface area (Å²) in [4.78, 5) is 13.9. The highest BCUT2D eigenvalue weighted by Crippen LogP contribution is 2.19. The second-order valence-corrected chi connectivity index (χ2v) is 7.58. The average molecular weight is 391 g/mol. The third-order valence-corrected chi connectivity index (χ3v) is 5.49.